The Morgan fingerprint density at radius 2 is 2.55 bits per heavy atom. The summed E-state index contributed by atoms with van der Waals surface area (Å²) >= 11 is 0. The number of nitrogens with zero attached hydrogens (tertiary/aromatic N) is 2. The molecule has 0 saturated carbocycles. The molecule has 1 aromatic rings. The van der Waals surface area contributed by atoms with Gasteiger partial charge >= 0.3 is 0 Å². The van der Waals surface area contributed by atoms with Crippen LogP contribution in [0.1, 0.15) is 25.1 Å². The number of aromatic nitrogens is 3. The van der Waals surface area contributed by atoms with Crippen molar-refractivity contribution >= 4 is 5.95 Å². The van der Waals surface area contributed by atoms with Gasteiger partial charge in [-0.05, 0) is 0 Å². The molecule has 4 nitrogen and oxygen atoms in total. The van der Waals surface area contributed by atoms with Gasteiger partial charge in [0.25, 0.3) is 0 Å². The van der Waals surface area contributed by atoms with E-state index in [4.69, 9.17) is 12.2 Å². The first-order valence-electron chi connectivity index (χ1n) is 3.35. The van der Waals surface area contributed by atoms with Crippen molar-refractivity contribution in [2.45, 2.75) is 19.3 Å². The second kappa shape index (κ2) is 3.06. The smallest absolute Gasteiger partial charge is 0.239 e. The number of terminal acetylenes is 1. The van der Waals surface area contributed by atoms with E-state index in [0.717, 1.165) is 5.82 Å². The number of rotatable bonds is 2. The molecular formula is C7H10N4. The van der Waals surface area contributed by atoms with E-state index in [1.807, 2.05) is 6.92 Å². The van der Waals surface area contributed by atoms with Gasteiger partial charge in [-0.3, -0.25) is 5.10 Å². The van der Waals surface area contributed by atoms with Crippen LogP contribution in [-0.4, -0.2) is 15.2 Å². The zero-order chi connectivity index (χ0) is 8.27. The number of nitrogens with two attached hydrogens (primary N) is 1. The highest BCUT2D eigenvalue weighted by Crippen LogP contribution is 2.13. The van der Waals surface area contributed by atoms with Crippen LogP contribution in [0.5, 0.6) is 0 Å². The summed E-state index contributed by atoms with van der Waals surface area (Å²) in [6.45, 7) is 1.97. The lowest BCUT2D eigenvalue weighted by Gasteiger charge is -1.99. The highest BCUT2D eigenvalue weighted by molar-refractivity contribution is 5.15. The van der Waals surface area contributed by atoms with E-state index in [1.165, 1.54) is 0 Å². The molecule has 0 fully saturated rings. The van der Waals surface area contributed by atoms with Gasteiger partial charge in [0.05, 0.1) is 0 Å². The van der Waals surface area contributed by atoms with Crippen molar-refractivity contribution in [1.82, 2.24) is 15.2 Å². The number of hydrogen-bond donors (Lipinski definition) is 2. The standard InChI is InChI=1S/C7H10N4/c1-3-4-5(2)6-9-7(8)11-10-6/h1,5H,4H2,2H3,(H3,8,9,10,11). The molecule has 0 saturated heterocycles. The van der Waals surface area contributed by atoms with E-state index in [2.05, 4.69) is 21.1 Å². The quantitative estimate of drug-likeness (QED) is 0.604. The third kappa shape index (κ3) is 1.71. The van der Waals surface area contributed by atoms with Crippen LogP contribution < -0.4 is 5.73 Å². The van der Waals surface area contributed by atoms with E-state index in [9.17, 15) is 0 Å². The number of hydrogen-bond acceptors (Lipinski definition) is 3. The number of H-pyrrole nitrogens is 1. The predicted molar refractivity (Wildman–Crippen MR) is 42.7 cm³/mol. The monoisotopic (exact) mass is 150 g/mol. The lowest BCUT2D eigenvalue weighted by Crippen LogP contribution is -1.95. The molecule has 0 aliphatic carbocycles. The molecule has 1 aromatic heterocycles. The summed E-state index contributed by atoms with van der Waals surface area (Å²) in [4.78, 5) is 3.94. The van der Waals surface area contributed by atoms with Crippen molar-refractivity contribution in [3.05, 3.63) is 5.82 Å². The van der Waals surface area contributed by atoms with Crippen LogP contribution in [0, 0.1) is 12.3 Å². The van der Waals surface area contributed by atoms with E-state index in [-0.39, 0.29) is 11.9 Å². The molecule has 3 N–H and O–H groups in total. The Labute approximate surface area is 65.2 Å². The molecule has 4 heteroatoms. The first-order chi connectivity index (χ1) is 5.24. The third-order valence-corrected chi connectivity index (χ3v) is 1.41. The Morgan fingerprint density at radius 3 is 3.00 bits per heavy atom. The minimum absolute atomic E-state index is 0.199. The van der Waals surface area contributed by atoms with Gasteiger partial charge in [0, 0.05) is 12.3 Å². The number of nitrogens with one attached hydrogen (secondary N) is 1. The SMILES string of the molecule is C#CCC(C)c1nc(N)n[nH]1. The molecule has 0 aliphatic rings. The Kier molecular flexibility index (Phi) is 2.12. The van der Waals surface area contributed by atoms with Crippen LogP contribution in [0.15, 0.2) is 0 Å². The summed E-state index contributed by atoms with van der Waals surface area (Å²) in [6, 6.07) is 0. The Hall–Kier alpha value is -1.50. The summed E-state index contributed by atoms with van der Waals surface area (Å²) < 4.78 is 0. The molecule has 1 unspecified atom stereocenters. The van der Waals surface area contributed by atoms with Gasteiger partial charge in [0.2, 0.25) is 5.95 Å². The average molecular weight is 150 g/mol. The van der Waals surface area contributed by atoms with Crippen molar-refractivity contribution in [1.29, 1.82) is 0 Å². The van der Waals surface area contributed by atoms with Crippen molar-refractivity contribution < 1.29 is 0 Å². The molecule has 1 heterocycles. The number of aromatic amines is 1. The van der Waals surface area contributed by atoms with Gasteiger partial charge in [-0.15, -0.1) is 17.4 Å². The fraction of sp³-hybridized carbons (Fsp3) is 0.429. The topological polar surface area (TPSA) is 67.6 Å². The Morgan fingerprint density at radius 1 is 1.82 bits per heavy atom. The number of nitrogen functional groups attached to an aromatic ring is 1. The zero-order valence-corrected chi connectivity index (χ0v) is 6.33. The second-order valence-electron chi connectivity index (χ2n) is 2.39. The molecule has 0 radical (unpaired) electrons. The number of anilines is 1. The fourth-order valence-corrected chi connectivity index (χ4v) is 0.782. The van der Waals surface area contributed by atoms with E-state index in [1.54, 1.807) is 0 Å². The molecule has 11 heavy (non-hydrogen) atoms. The normalized spacial score (nSPS) is 12.4. The summed E-state index contributed by atoms with van der Waals surface area (Å²) in [5.41, 5.74) is 5.31. The summed E-state index contributed by atoms with van der Waals surface area (Å²) in [5.74, 6) is 3.76. The largest absolute Gasteiger partial charge is 0.367 e. The van der Waals surface area contributed by atoms with Gasteiger partial charge in [-0.25, -0.2) is 0 Å². The molecule has 0 amide bonds. The van der Waals surface area contributed by atoms with Gasteiger partial charge in [-0.1, -0.05) is 6.92 Å². The highest BCUT2D eigenvalue weighted by Gasteiger charge is 2.07. The van der Waals surface area contributed by atoms with Crippen LogP contribution in [0.4, 0.5) is 5.95 Å². The molecule has 1 atom stereocenters. The van der Waals surface area contributed by atoms with Crippen molar-refractivity contribution in [3.8, 4) is 12.3 Å². The summed E-state index contributed by atoms with van der Waals surface area (Å²) in [6.07, 6.45) is 5.78. The molecular weight excluding hydrogens is 140 g/mol. The van der Waals surface area contributed by atoms with E-state index >= 15 is 0 Å². The summed E-state index contributed by atoms with van der Waals surface area (Å²) in [7, 11) is 0. The van der Waals surface area contributed by atoms with Crippen molar-refractivity contribution in [3.63, 3.8) is 0 Å². The maximum Gasteiger partial charge on any atom is 0.239 e. The van der Waals surface area contributed by atoms with Gasteiger partial charge < -0.3 is 5.73 Å². The highest BCUT2D eigenvalue weighted by atomic mass is 15.3. The van der Waals surface area contributed by atoms with Crippen molar-refractivity contribution in [2.75, 3.05) is 5.73 Å². The average Bonchev–Trinajstić information content (AvgIpc) is 2.36. The predicted octanol–water partition coefficient (Wildman–Crippen LogP) is 0.514. The maximum atomic E-state index is 5.31. The first kappa shape index (κ1) is 7.61. The van der Waals surface area contributed by atoms with Crippen LogP contribution in [0.25, 0.3) is 0 Å². The van der Waals surface area contributed by atoms with Gasteiger partial charge in [0.1, 0.15) is 5.82 Å². The van der Waals surface area contributed by atoms with E-state index in [0.29, 0.717) is 6.42 Å². The van der Waals surface area contributed by atoms with Gasteiger partial charge in [0.15, 0.2) is 0 Å². The van der Waals surface area contributed by atoms with Crippen LogP contribution in [0.2, 0.25) is 0 Å². The summed E-state index contributed by atoms with van der Waals surface area (Å²) in [5, 5.41) is 6.40. The maximum absolute atomic E-state index is 5.31. The van der Waals surface area contributed by atoms with Crippen LogP contribution in [0.3, 0.4) is 0 Å². The molecule has 0 aliphatic heterocycles. The third-order valence-electron chi connectivity index (χ3n) is 1.41. The molecule has 0 bridgehead atoms. The zero-order valence-electron chi connectivity index (χ0n) is 6.33. The molecule has 0 spiro atoms. The lowest BCUT2D eigenvalue weighted by atomic mass is 10.1. The fourth-order valence-electron chi connectivity index (χ4n) is 0.782. The molecule has 58 valence electrons. The minimum atomic E-state index is 0.199. The molecule has 0 aromatic carbocycles. The molecule has 1 rings (SSSR count). The Balaban J connectivity index is 2.70. The first-order valence-corrected chi connectivity index (χ1v) is 3.35. The van der Waals surface area contributed by atoms with Gasteiger partial charge in [-0.2, -0.15) is 4.98 Å². The van der Waals surface area contributed by atoms with Crippen LogP contribution in [-0.2, 0) is 0 Å². The van der Waals surface area contributed by atoms with E-state index < -0.39 is 0 Å². The lowest BCUT2D eigenvalue weighted by molar-refractivity contribution is 0.730. The Bertz CT molecular complexity index is 270. The minimum Gasteiger partial charge on any atom is -0.367 e. The second-order valence-corrected chi connectivity index (χ2v) is 2.39. The van der Waals surface area contributed by atoms with Crippen molar-refractivity contribution in [2.24, 2.45) is 0 Å². The van der Waals surface area contributed by atoms with Crippen LogP contribution >= 0.6 is 0 Å².